The van der Waals surface area contributed by atoms with E-state index in [9.17, 15) is 14.0 Å². The quantitative estimate of drug-likeness (QED) is 0.362. The van der Waals surface area contributed by atoms with Gasteiger partial charge in [-0.3, -0.25) is 9.59 Å². The third kappa shape index (κ3) is 8.25. The van der Waals surface area contributed by atoms with Crippen LogP contribution in [0.1, 0.15) is 35.6 Å². The molecule has 4 nitrogen and oxygen atoms in total. The zero-order chi connectivity index (χ0) is 25.0. The largest absolute Gasteiger partial charge is 0.354 e. The van der Waals surface area contributed by atoms with E-state index < -0.39 is 6.04 Å². The Labute approximate surface area is 211 Å². The van der Waals surface area contributed by atoms with Crippen LogP contribution in [-0.4, -0.2) is 35.1 Å². The third-order valence-corrected chi connectivity index (χ3v) is 6.80. The van der Waals surface area contributed by atoms with E-state index in [1.165, 1.54) is 23.3 Å². The number of halogens is 1. The molecule has 6 heteroatoms. The first kappa shape index (κ1) is 26.5. The fourth-order valence-corrected chi connectivity index (χ4v) is 4.80. The molecule has 2 amide bonds. The number of carbonyl (C=O) groups excluding carboxylic acids is 2. The number of carbonyl (C=O) groups is 2. The first-order valence-corrected chi connectivity index (χ1v) is 13.1. The number of hydrogen-bond acceptors (Lipinski definition) is 3. The summed E-state index contributed by atoms with van der Waals surface area (Å²) >= 11 is 1.54. The molecule has 0 radical (unpaired) electrons. The molecule has 0 spiro atoms. The summed E-state index contributed by atoms with van der Waals surface area (Å²) in [7, 11) is 0. The molecule has 3 rings (SSSR count). The maximum atomic E-state index is 13.6. The monoisotopic (exact) mass is 492 g/mol. The Kier molecular flexibility index (Phi) is 10.4. The van der Waals surface area contributed by atoms with Gasteiger partial charge < -0.3 is 10.2 Å². The summed E-state index contributed by atoms with van der Waals surface area (Å²) in [5.41, 5.74) is 4.15. The Morgan fingerprint density at radius 3 is 2.31 bits per heavy atom. The first-order valence-electron chi connectivity index (χ1n) is 12.0. The zero-order valence-electron chi connectivity index (χ0n) is 20.4. The van der Waals surface area contributed by atoms with Gasteiger partial charge in [0.05, 0.1) is 5.75 Å². The van der Waals surface area contributed by atoms with Crippen molar-refractivity contribution in [1.29, 1.82) is 0 Å². The van der Waals surface area contributed by atoms with Crippen molar-refractivity contribution >= 4 is 23.6 Å². The van der Waals surface area contributed by atoms with Crippen LogP contribution in [0, 0.1) is 12.7 Å². The summed E-state index contributed by atoms with van der Waals surface area (Å²) < 4.78 is 13.5. The number of aryl methyl sites for hydroxylation is 1. The Hall–Kier alpha value is -3.12. The van der Waals surface area contributed by atoms with E-state index in [1.54, 1.807) is 28.8 Å². The highest BCUT2D eigenvalue weighted by atomic mass is 32.2. The molecule has 0 aliphatic carbocycles. The Morgan fingerprint density at radius 1 is 0.943 bits per heavy atom. The lowest BCUT2D eigenvalue weighted by Crippen LogP contribution is -2.51. The van der Waals surface area contributed by atoms with Gasteiger partial charge in [-0.15, -0.1) is 11.8 Å². The minimum Gasteiger partial charge on any atom is -0.354 e. The zero-order valence-corrected chi connectivity index (χ0v) is 21.2. The van der Waals surface area contributed by atoms with Crippen molar-refractivity contribution in [1.82, 2.24) is 10.2 Å². The van der Waals surface area contributed by atoms with E-state index in [4.69, 9.17) is 0 Å². The van der Waals surface area contributed by atoms with Crippen LogP contribution in [0.25, 0.3) is 0 Å². The van der Waals surface area contributed by atoms with Crippen LogP contribution >= 0.6 is 11.8 Å². The Morgan fingerprint density at radius 2 is 1.63 bits per heavy atom. The average molecular weight is 493 g/mol. The van der Waals surface area contributed by atoms with Crippen molar-refractivity contribution < 1.29 is 14.0 Å². The van der Waals surface area contributed by atoms with Gasteiger partial charge in [0.15, 0.2) is 0 Å². The van der Waals surface area contributed by atoms with Gasteiger partial charge in [-0.05, 0) is 47.7 Å². The van der Waals surface area contributed by atoms with Gasteiger partial charge in [0.25, 0.3) is 0 Å². The molecule has 3 aromatic carbocycles. The lowest BCUT2D eigenvalue weighted by atomic mass is 10.0. The minimum atomic E-state index is -0.666. The Balaban J connectivity index is 1.83. The summed E-state index contributed by atoms with van der Waals surface area (Å²) in [5.74, 6) is 0.355. The minimum absolute atomic E-state index is 0.111. The van der Waals surface area contributed by atoms with Gasteiger partial charge in [-0.2, -0.15) is 0 Å². The molecule has 0 heterocycles. The molecule has 0 aromatic heterocycles. The van der Waals surface area contributed by atoms with Crippen LogP contribution in [0.2, 0.25) is 0 Å². The predicted octanol–water partition coefficient (Wildman–Crippen LogP) is 5.53. The maximum Gasteiger partial charge on any atom is 0.243 e. The van der Waals surface area contributed by atoms with E-state index in [0.29, 0.717) is 18.7 Å². The van der Waals surface area contributed by atoms with E-state index in [2.05, 4.69) is 24.4 Å². The second kappa shape index (κ2) is 13.7. The maximum absolute atomic E-state index is 13.6. The fraction of sp³-hybridized carbons (Fsp3) is 0.310. The number of nitrogens with one attached hydrogen (secondary N) is 1. The molecule has 1 atom stereocenters. The second-order valence-electron chi connectivity index (χ2n) is 8.56. The number of hydrogen-bond donors (Lipinski definition) is 1. The van der Waals surface area contributed by atoms with Gasteiger partial charge in [0, 0.05) is 25.3 Å². The average Bonchev–Trinajstić information content (AvgIpc) is 2.87. The van der Waals surface area contributed by atoms with Gasteiger partial charge >= 0.3 is 0 Å². The number of benzene rings is 3. The van der Waals surface area contributed by atoms with Gasteiger partial charge in [0.2, 0.25) is 11.8 Å². The molecule has 0 bridgehead atoms. The second-order valence-corrected chi connectivity index (χ2v) is 9.55. The number of thioether (sulfide) groups is 1. The van der Waals surface area contributed by atoms with E-state index >= 15 is 0 Å². The van der Waals surface area contributed by atoms with Crippen molar-refractivity contribution in [2.24, 2.45) is 0 Å². The summed E-state index contributed by atoms with van der Waals surface area (Å²) in [6.07, 6.45) is 1.22. The lowest BCUT2D eigenvalue weighted by molar-refractivity contribution is -0.139. The SMILES string of the molecule is CCCNC(=O)C(Cc1ccccc1)N(Cc1ccc(F)cc1)C(=O)CSCc1ccccc1C. The summed E-state index contributed by atoms with van der Waals surface area (Å²) in [6, 6.07) is 23.3. The first-order chi connectivity index (χ1) is 17.0. The molecule has 0 saturated heterocycles. The third-order valence-electron chi connectivity index (χ3n) is 5.83. The van der Waals surface area contributed by atoms with Crippen molar-refractivity contribution in [2.45, 2.75) is 45.0 Å². The van der Waals surface area contributed by atoms with E-state index in [1.807, 2.05) is 49.4 Å². The smallest absolute Gasteiger partial charge is 0.243 e. The van der Waals surface area contributed by atoms with Gasteiger partial charge in [-0.25, -0.2) is 4.39 Å². The van der Waals surface area contributed by atoms with Crippen LogP contribution in [-0.2, 0) is 28.3 Å². The van der Waals surface area contributed by atoms with E-state index in [0.717, 1.165) is 17.5 Å². The molecule has 35 heavy (non-hydrogen) atoms. The van der Waals surface area contributed by atoms with Crippen LogP contribution in [0.3, 0.4) is 0 Å². The summed E-state index contributed by atoms with van der Waals surface area (Å²) in [6.45, 7) is 4.84. The van der Waals surface area contributed by atoms with Gasteiger partial charge in [0.1, 0.15) is 11.9 Å². The molecular weight excluding hydrogens is 459 g/mol. The highest BCUT2D eigenvalue weighted by Gasteiger charge is 2.30. The predicted molar refractivity (Wildman–Crippen MR) is 142 cm³/mol. The fourth-order valence-electron chi connectivity index (χ4n) is 3.81. The van der Waals surface area contributed by atoms with Crippen LogP contribution in [0.15, 0.2) is 78.9 Å². The van der Waals surface area contributed by atoms with Crippen LogP contribution in [0.4, 0.5) is 4.39 Å². The molecular formula is C29H33FN2O2S. The molecule has 0 aliphatic rings. The molecule has 1 unspecified atom stereocenters. The molecule has 1 N–H and O–H groups in total. The van der Waals surface area contributed by atoms with E-state index in [-0.39, 0.29) is 29.9 Å². The molecule has 184 valence electrons. The Bertz CT molecular complexity index is 1090. The summed E-state index contributed by atoms with van der Waals surface area (Å²) in [5, 5.41) is 2.97. The molecule has 0 aliphatic heterocycles. The molecule has 3 aromatic rings. The number of nitrogens with zero attached hydrogens (tertiary/aromatic N) is 1. The van der Waals surface area contributed by atoms with Crippen LogP contribution < -0.4 is 5.32 Å². The van der Waals surface area contributed by atoms with Crippen LogP contribution in [0.5, 0.6) is 0 Å². The number of amides is 2. The standard InChI is InChI=1S/C29H33FN2O2S/c1-3-17-31-29(34)27(18-23-10-5-4-6-11-23)32(19-24-13-15-26(30)16-14-24)28(33)21-35-20-25-12-8-7-9-22(25)2/h4-16,27H,3,17-21H2,1-2H3,(H,31,34). The van der Waals surface area contributed by atoms with Crippen molar-refractivity contribution in [3.05, 3.63) is 107 Å². The van der Waals surface area contributed by atoms with Gasteiger partial charge in [-0.1, -0.05) is 73.7 Å². The van der Waals surface area contributed by atoms with Crippen molar-refractivity contribution in [2.75, 3.05) is 12.3 Å². The molecule has 0 fully saturated rings. The summed E-state index contributed by atoms with van der Waals surface area (Å²) in [4.78, 5) is 28.5. The topological polar surface area (TPSA) is 49.4 Å². The van der Waals surface area contributed by atoms with Crippen molar-refractivity contribution in [3.63, 3.8) is 0 Å². The highest BCUT2D eigenvalue weighted by molar-refractivity contribution is 7.99. The lowest BCUT2D eigenvalue weighted by Gasteiger charge is -2.31. The number of rotatable bonds is 12. The normalized spacial score (nSPS) is 11.6. The van der Waals surface area contributed by atoms with Crippen molar-refractivity contribution in [3.8, 4) is 0 Å². The molecule has 0 saturated carbocycles. The highest BCUT2D eigenvalue weighted by Crippen LogP contribution is 2.20.